The smallest absolute Gasteiger partial charge is 0.292 e. The minimum atomic E-state index is -3.09. The lowest BCUT2D eigenvalue weighted by atomic mass is 9.85. The Hall–Kier alpha value is -3.07. The number of carbonyl (C=O) groups is 2. The molecule has 2 N–H and O–H groups in total. The van der Waals surface area contributed by atoms with Crippen molar-refractivity contribution in [1.29, 1.82) is 0 Å². The summed E-state index contributed by atoms with van der Waals surface area (Å²) < 4.78 is 26.7. The minimum Gasteiger partial charge on any atom is -0.471 e. The Labute approximate surface area is 205 Å². The molecule has 1 aliphatic heterocycles. The van der Waals surface area contributed by atoms with E-state index in [9.17, 15) is 13.2 Å². The molecule has 0 spiro atoms. The second kappa shape index (κ2) is 20.5. The molecule has 8 heteroatoms. The fourth-order valence-corrected chi connectivity index (χ4v) is 4.70. The Morgan fingerprint density at radius 3 is 2.06 bits per heavy atom. The van der Waals surface area contributed by atoms with E-state index in [-0.39, 0.29) is 24.0 Å². The van der Waals surface area contributed by atoms with Crippen molar-refractivity contribution in [3.63, 3.8) is 0 Å². The summed E-state index contributed by atoms with van der Waals surface area (Å²) in [5.41, 5.74) is 0.367. The van der Waals surface area contributed by atoms with Crippen LogP contribution >= 0.6 is 0 Å². The van der Waals surface area contributed by atoms with Crippen LogP contribution in [0.2, 0.25) is 0 Å². The van der Waals surface area contributed by atoms with Crippen LogP contribution in [0, 0.1) is 29.6 Å². The summed E-state index contributed by atoms with van der Waals surface area (Å²) in [7, 11) is -1.78. The fraction of sp³-hybridized carbons (Fsp3) is 0.462. The van der Waals surface area contributed by atoms with Gasteiger partial charge < -0.3 is 15.2 Å². The molecule has 2 rings (SSSR count). The van der Waals surface area contributed by atoms with Crippen LogP contribution in [0.15, 0.2) is 37.4 Å². The Kier molecular flexibility index (Phi) is 21.4. The van der Waals surface area contributed by atoms with Crippen molar-refractivity contribution in [2.75, 3.05) is 25.2 Å². The molecule has 0 aliphatic carbocycles. The van der Waals surface area contributed by atoms with Gasteiger partial charge in [-0.25, -0.2) is 8.42 Å². The summed E-state index contributed by atoms with van der Waals surface area (Å²) in [6, 6.07) is 6.28. The highest BCUT2D eigenvalue weighted by Gasteiger charge is 2.51. The first kappa shape index (κ1) is 35.5. The van der Waals surface area contributed by atoms with E-state index in [1.54, 1.807) is 31.2 Å². The molecule has 1 unspecified atom stereocenters. The third kappa shape index (κ3) is 12.8. The molecule has 7 nitrogen and oxygen atoms in total. The number of ether oxygens (including phenoxy) is 1. The van der Waals surface area contributed by atoms with E-state index >= 15 is 0 Å². The Bertz CT molecular complexity index is 893. The van der Waals surface area contributed by atoms with Crippen LogP contribution in [-0.4, -0.2) is 57.2 Å². The lowest BCUT2D eigenvalue weighted by molar-refractivity contribution is -0.126. The molecule has 190 valence electrons. The van der Waals surface area contributed by atoms with Gasteiger partial charge in [0.15, 0.2) is 9.84 Å². The lowest BCUT2D eigenvalue weighted by Crippen LogP contribution is -2.59. The average molecular weight is 494 g/mol. The molecule has 0 saturated carbocycles. The summed E-state index contributed by atoms with van der Waals surface area (Å²) in [4.78, 5) is 21.2. The lowest BCUT2D eigenvalue weighted by Gasteiger charge is -2.41. The summed E-state index contributed by atoms with van der Waals surface area (Å²) >= 11 is 0. The third-order valence-electron chi connectivity index (χ3n) is 4.13. The van der Waals surface area contributed by atoms with Crippen LogP contribution in [0.1, 0.15) is 57.0 Å². The highest BCUT2D eigenvalue weighted by molar-refractivity contribution is 7.92. The van der Waals surface area contributed by atoms with E-state index < -0.39 is 21.3 Å². The number of terminal acetylenes is 1. The van der Waals surface area contributed by atoms with Gasteiger partial charge in [0.1, 0.15) is 0 Å². The van der Waals surface area contributed by atoms with Gasteiger partial charge in [-0.05, 0) is 31.2 Å². The van der Waals surface area contributed by atoms with Gasteiger partial charge in [-0.15, -0.1) is 19.6 Å². The van der Waals surface area contributed by atoms with Gasteiger partial charge in [-0.2, -0.15) is 0 Å². The molecule has 0 radical (unpaired) electrons. The zero-order valence-corrected chi connectivity index (χ0v) is 22.0. The SMILES string of the molecule is C#CC1(C(C)NC(=O)c2ccc(C#CCCO)cc2)CS(=O)(=O)C1.C=C.CC.CC.COC=O. The number of rotatable bonds is 5. The quantitative estimate of drug-likeness (QED) is 0.370. The first-order valence-corrected chi connectivity index (χ1v) is 12.7. The number of nitrogens with one attached hydrogen (secondary N) is 1. The van der Waals surface area contributed by atoms with Crippen molar-refractivity contribution in [3.8, 4) is 24.2 Å². The maximum Gasteiger partial charge on any atom is 0.292 e. The van der Waals surface area contributed by atoms with Crippen LogP contribution < -0.4 is 5.32 Å². The number of benzene rings is 1. The highest BCUT2D eigenvalue weighted by Crippen LogP contribution is 2.35. The van der Waals surface area contributed by atoms with E-state index in [1.165, 1.54) is 7.11 Å². The molecular weight excluding hydrogens is 454 g/mol. The second-order valence-electron chi connectivity index (χ2n) is 6.21. The van der Waals surface area contributed by atoms with Gasteiger partial charge >= 0.3 is 0 Å². The number of hydrogen-bond acceptors (Lipinski definition) is 6. The fourth-order valence-electron chi connectivity index (χ4n) is 2.54. The molecule has 1 heterocycles. The third-order valence-corrected chi connectivity index (χ3v) is 6.04. The number of amides is 1. The Balaban J connectivity index is -0.000000835. The zero-order valence-electron chi connectivity index (χ0n) is 21.2. The van der Waals surface area contributed by atoms with E-state index in [0.29, 0.717) is 18.5 Å². The number of aliphatic hydroxyl groups is 1. The predicted octanol–water partition coefficient (Wildman–Crippen LogP) is 3.23. The van der Waals surface area contributed by atoms with E-state index in [0.717, 1.165) is 5.56 Å². The van der Waals surface area contributed by atoms with Crippen molar-refractivity contribution in [2.45, 2.75) is 47.1 Å². The summed E-state index contributed by atoms with van der Waals surface area (Å²) in [5.74, 6) is 7.70. The van der Waals surface area contributed by atoms with Crippen LogP contribution in [0.4, 0.5) is 0 Å². The molecule has 0 bridgehead atoms. The van der Waals surface area contributed by atoms with Crippen molar-refractivity contribution in [2.24, 2.45) is 5.41 Å². The summed E-state index contributed by atoms with van der Waals surface area (Å²) in [5, 5.41) is 11.5. The average Bonchev–Trinajstić information content (AvgIpc) is 2.86. The largest absolute Gasteiger partial charge is 0.471 e. The second-order valence-corrected chi connectivity index (χ2v) is 8.28. The van der Waals surface area contributed by atoms with Gasteiger partial charge in [0.25, 0.3) is 12.4 Å². The number of hydrogen-bond donors (Lipinski definition) is 2. The van der Waals surface area contributed by atoms with E-state index in [1.807, 2.05) is 27.7 Å². The van der Waals surface area contributed by atoms with Crippen LogP contribution in [0.5, 0.6) is 0 Å². The van der Waals surface area contributed by atoms with Gasteiger partial charge in [-0.3, -0.25) is 9.59 Å². The van der Waals surface area contributed by atoms with Crippen molar-refractivity contribution in [1.82, 2.24) is 5.32 Å². The molecular formula is C26H39NO6S. The Morgan fingerprint density at radius 1 is 1.24 bits per heavy atom. The predicted molar refractivity (Wildman–Crippen MR) is 139 cm³/mol. The van der Waals surface area contributed by atoms with Crippen molar-refractivity contribution in [3.05, 3.63) is 48.6 Å². The standard InChI is InChI=1S/C18H19NO4S.C2H4O2.2C2H6.C2H4/c1-3-18(12-24(22,23)13-18)14(2)19-17(21)16-9-7-15(8-10-16)6-4-5-11-20;1-4-2-3;3*1-2/h1,7-10,14,20H,5,11-13H2,2H3,(H,19,21);2H,1H3;2*1-2H3;1-2H2. The van der Waals surface area contributed by atoms with Crippen LogP contribution in [0.25, 0.3) is 0 Å². The molecule has 34 heavy (non-hydrogen) atoms. The molecule has 1 fully saturated rings. The molecule has 1 atom stereocenters. The van der Waals surface area contributed by atoms with Crippen molar-refractivity contribution >= 4 is 22.2 Å². The molecule has 1 aliphatic rings. The number of aliphatic hydroxyl groups excluding tert-OH is 1. The number of methoxy groups -OCH3 is 1. The van der Waals surface area contributed by atoms with Gasteiger partial charge in [0, 0.05) is 23.6 Å². The molecule has 1 saturated heterocycles. The van der Waals surface area contributed by atoms with E-state index in [2.05, 4.69) is 41.0 Å². The van der Waals surface area contributed by atoms with Gasteiger partial charge in [-0.1, -0.05) is 45.5 Å². The monoisotopic (exact) mass is 493 g/mol. The first-order chi connectivity index (χ1) is 16.2. The van der Waals surface area contributed by atoms with Crippen LogP contribution in [0.3, 0.4) is 0 Å². The minimum absolute atomic E-state index is 0.0119. The topological polar surface area (TPSA) is 110 Å². The molecule has 0 aromatic heterocycles. The highest BCUT2D eigenvalue weighted by atomic mass is 32.2. The molecule has 1 aromatic rings. The van der Waals surface area contributed by atoms with Gasteiger partial charge in [0.05, 0.1) is 30.6 Å². The zero-order chi connectivity index (χ0) is 27.2. The number of sulfone groups is 1. The summed E-state index contributed by atoms with van der Waals surface area (Å²) in [6.07, 6.45) is 5.88. The molecule has 1 amide bonds. The number of carbonyl (C=O) groups excluding carboxylic acids is 2. The summed E-state index contributed by atoms with van der Waals surface area (Å²) in [6.45, 7) is 16.1. The maximum absolute atomic E-state index is 12.3. The van der Waals surface area contributed by atoms with Crippen LogP contribution in [-0.2, 0) is 19.4 Å². The van der Waals surface area contributed by atoms with Gasteiger partial charge in [0.2, 0.25) is 0 Å². The normalized spacial score (nSPS) is 13.9. The maximum atomic E-state index is 12.3. The van der Waals surface area contributed by atoms with Crippen molar-refractivity contribution < 1.29 is 27.9 Å². The van der Waals surface area contributed by atoms with E-state index in [4.69, 9.17) is 16.3 Å². The molecule has 1 aromatic carbocycles. The first-order valence-electron chi connectivity index (χ1n) is 10.9. The Morgan fingerprint density at radius 2 is 1.71 bits per heavy atom.